The molecule has 0 aromatic carbocycles. The van der Waals surface area contributed by atoms with Crippen LogP contribution in [0.4, 0.5) is 4.79 Å². The van der Waals surface area contributed by atoms with Crippen molar-refractivity contribution >= 4 is 12.0 Å². The van der Waals surface area contributed by atoms with Crippen molar-refractivity contribution in [3.05, 3.63) is 0 Å². The summed E-state index contributed by atoms with van der Waals surface area (Å²) < 4.78 is 0. The second kappa shape index (κ2) is 2.77. The van der Waals surface area contributed by atoms with Gasteiger partial charge in [0.15, 0.2) is 0 Å². The van der Waals surface area contributed by atoms with Crippen LogP contribution in [-0.2, 0) is 4.79 Å². The molecule has 5 heteroatoms. The predicted molar refractivity (Wildman–Crippen MR) is 37.2 cm³/mol. The van der Waals surface area contributed by atoms with Crippen LogP contribution >= 0.6 is 0 Å². The normalized spacial score (nSPS) is 23.5. The minimum Gasteiger partial charge on any atom is -0.480 e. The summed E-state index contributed by atoms with van der Waals surface area (Å²) in [6.07, 6.45) is 0. The van der Waals surface area contributed by atoms with Gasteiger partial charge in [0.25, 0.3) is 0 Å². The van der Waals surface area contributed by atoms with Crippen molar-refractivity contribution in [2.45, 2.75) is 13.0 Å². The predicted octanol–water partition coefficient (Wildman–Crippen LogP) is -0.515. The number of hydrogen-bond donors (Lipinski definition) is 2. The number of nitrogens with one attached hydrogen (secondary N) is 1. The molecule has 5 nitrogen and oxygen atoms in total. The number of likely N-dealkylation sites (N-methyl/N-ethyl adjacent to an activating group) is 1. The van der Waals surface area contributed by atoms with Crippen molar-refractivity contribution in [1.29, 1.82) is 0 Å². The molecule has 1 fully saturated rings. The summed E-state index contributed by atoms with van der Waals surface area (Å²) in [5.74, 6) is -0.977. The lowest BCUT2D eigenvalue weighted by atomic mass is 10.3. The molecule has 0 radical (unpaired) electrons. The van der Waals surface area contributed by atoms with Crippen LogP contribution in [0, 0.1) is 0 Å². The van der Waals surface area contributed by atoms with E-state index in [0.29, 0.717) is 6.54 Å². The summed E-state index contributed by atoms with van der Waals surface area (Å²) >= 11 is 0. The van der Waals surface area contributed by atoms with Gasteiger partial charge >= 0.3 is 12.0 Å². The molecule has 1 aliphatic rings. The van der Waals surface area contributed by atoms with Gasteiger partial charge in [-0.2, -0.15) is 0 Å². The zero-order chi connectivity index (χ0) is 8.43. The first kappa shape index (κ1) is 7.84. The highest BCUT2D eigenvalue weighted by Gasteiger charge is 2.31. The number of carboxylic acids is 1. The second-order valence-corrected chi connectivity index (χ2v) is 2.38. The number of carbonyl (C=O) groups is 2. The number of hydrogen-bond acceptors (Lipinski definition) is 2. The van der Waals surface area contributed by atoms with Crippen LogP contribution in [0.25, 0.3) is 0 Å². The van der Waals surface area contributed by atoms with Crippen molar-refractivity contribution in [2.75, 3.05) is 13.1 Å². The molecule has 2 amide bonds. The van der Waals surface area contributed by atoms with Gasteiger partial charge < -0.3 is 15.3 Å². The van der Waals surface area contributed by atoms with Gasteiger partial charge in [-0.3, -0.25) is 0 Å². The summed E-state index contributed by atoms with van der Waals surface area (Å²) in [7, 11) is 0. The summed E-state index contributed by atoms with van der Waals surface area (Å²) in [5, 5.41) is 10.8. The minimum atomic E-state index is -0.977. The molecular formula is C6H10N2O3. The number of rotatable bonds is 2. The van der Waals surface area contributed by atoms with E-state index < -0.39 is 12.0 Å². The molecule has 0 unspecified atom stereocenters. The zero-order valence-electron chi connectivity index (χ0n) is 6.20. The summed E-state index contributed by atoms with van der Waals surface area (Å²) in [6, 6.07) is -1.03. The van der Waals surface area contributed by atoms with Gasteiger partial charge in [0.1, 0.15) is 6.04 Å². The maximum atomic E-state index is 10.9. The lowest BCUT2D eigenvalue weighted by Crippen LogP contribution is -2.33. The van der Waals surface area contributed by atoms with Gasteiger partial charge in [0.2, 0.25) is 0 Å². The smallest absolute Gasteiger partial charge is 0.328 e. The topological polar surface area (TPSA) is 69.6 Å². The Morgan fingerprint density at radius 1 is 1.91 bits per heavy atom. The third-order valence-electron chi connectivity index (χ3n) is 1.67. The maximum absolute atomic E-state index is 10.9. The Morgan fingerprint density at radius 3 is 2.82 bits per heavy atom. The third-order valence-corrected chi connectivity index (χ3v) is 1.67. The molecule has 0 aliphatic carbocycles. The van der Waals surface area contributed by atoms with E-state index >= 15 is 0 Å². The Bertz CT molecular complexity index is 192. The SMILES string of the molecule is CCN1C[C@@H](C(=O)O)NC1=O. The Morgan fingerprint density at radius 2 is 2.55 bits per heavy atom. The van der Waals surface area contributed by atoms with Gasteiger partial charge in [-0.05, 0) is 6.92 Å². The van der Waals surface area contributed by atoms with Crippen LogP contribution in [0.1, 0.15) is 6.92 Å². The molecule has 62 valence electrons. The largest absolute Gasteiger partial charge is 0.480 e. The van der Waals surface area contributed by atoms with E-state index in [4.69, 9.17) is 5.11 Å². The first-order chi connectivity index (χ1) is 5.15. The minimum absolute atomic E-state index is 0.269. The zero-order valence-corrected chi connectivity index (χ0v) is 6.20. The number of amides is 2. The molecule has 1 atom stereocenters. The van der Waals surface area contributed by atoms with Crippen molar-refractivity contribution in [3.8, 4) is 0 Å². The fraction of sp³-hybridized carbons (Fsp3) is 0.667. The first-order valence-corrected chi connectivity index (χ1v) is 3.43. The molecular weight excluding hydrogens is 148 g/mol. The summed E-state index contributed by atoms with van der Waals surface area (Å²) in [5.41, 5.74) is 0. The third kappa shape index (κ3) is 1.42. The molecule has 0 bridgehead atoms. The summed E-state index contributed by atoms with van der Waals surface area (Å²) in [4.78, 5) is 22.7. The number of aliphatic carboxylic acids is 1. The summed E-state index contributed by atoms with van der Waals surface area (Å²) in [6.45, 7) is 2.63. The fourth-order valence-electron chi connectivity index (χ4n) is 1.00. The van der Waals surface area contributed by atoms with Gasteiger partial charge in [0.05, 0.1) is 6.54 Å². The number of carboxylic acid groups (broad SMARTS) is 1. The van der Waals surface area contributed by atoms with E-state index in [1.165, 1.54) is 4.90 Å². The van der Waals surface area contributed by atoms with Crippen molar-refractivity contribution in [2.24, 2.45) is 0 Å². The fourth-order valence-corrected chi connectivity index (χ4v) is 1.00. The molecule has 0 saturated carbocycles. The monoisotopic (exact) mass is 158 g/mol. The molecule has 11 heavy (non-hydrogen) atoms. The highest BCUT2D eigenvalue weighted by Crippen LogP contribution is 2.02. The Labute approximate surface area is 64.0 Å². The standard InChI is InChI=1S/C6H10N2O3/c1-2-8-3-4(5(9)10)7-6(8)11/h4H,2-3H2,1H3,(H,7,11)(H,9,10)/t4-/m0/s1. The molecule has 1 aliphatic heterocycles. The number of urea groups is 1. The highest BCUT2D eigenvalue weighted by molar-refractivity contribution is 5.86. The van der Waals surface area contributed by atoms with E-state index in [0.717, 1.165) is 0 Å². The average molecular weight is 158 g/mol. The molecule has 2 N–H and O–H groups in total. The van der Waals surface area contributed by atoms with E-state index in [2.05, 4.69) is 5.32 Å². The van der Waals surface area contributed by atoms with E-state index in [-0.39, 0.29) is 12.6 Å². The first-order valence-electron chi connectivity index (χ1n) is 3.43. The van der Waals surface area contributed by atoms with Gasteiger partial charge in [0, 0.05) is 6.54 Å². The Balaban J connectivity index is 2.56. The van der Waals surface area contributed by atoms with E-state index in [1.54, 1.807) is 0 Å². The lowest BCUT2D eigenvalue weighted by molar-refractivity contribution is -0.138. The molecule has 1 saturated heterocycles. The van der Waals surface area contributed by atoms with Crippen LogP contribution < -0.4 is 5.32 Å². The Kier molecular flexibility index (Phi) is 1.98. The molecule has 0 aromatic rings. The molecule has 0 aromatic heterocycles. The molecule has 1 heterocycles. The van der Waals surface area contributed by atoms with Crippen molar-refractivity contribution in [3.63, 3.8) is 0 Å². The van der Waals surface area contributed by atoms with E-state index in [1.807, 2.05) is 6.92 Å². The van der Waals surface area contributed by atoms with Gasteiger partial charge in [-0.25, -0.2) is 9.59 Å². The van der Waals surface area contributed by atoms with Crippen LogP contribution in [0.5, 0.6) is 0 Å². The lowest BCUT2D eigenvalue weighted by Gasteiger charge is -2.08. The van der Waals surface area contributed by atoms with Crippen molar-refractivity contribution in [1.82, 2.24) is 10.2 Å². The van der Waals surface area contributed by atoms with Crippen LogP contribution in [0.2, 0.25) is 0 Å². The van der Waals surface area contributed by atoms with Gasteiger partial charge in [-0.15, -0.1) is 0 Å². The molecule has 1 rings (SSSR count). The maximum Gasteiger partial charge on any atom is 0.328 e. The molecule has 0 spiro atoms. The number of carbonyl (C=O) groups excluding carboxylic acids is 1. The van der Waals surface area contributed by atoms with E-state index in [9.17, 15) is 9.59 Å². The average Bonchev–Trinajstić information content (AvgIpc) is 2.31. The van der Waals surface area contributed by atoms with Crippen molar-refractivity contribution < 1.29 is 14.7 Å². The highest BCUT2D eigenvalue weighted by atomic mass is 16.4. The second-order valence-electron chi connectivity index (χ2n) is 2.38. The Hall–Kier alpha value is -1.26. The van der Waals surface area contributed by atoms with Crippen LogP contribution in [0.15, 0.2) is 0 Å². The quantitative estimate of drug-likeness (QED) is 0.568. The van der Waals surface area contributed by atoms with Gasteiger partial charge in [-0.1, -0.05) is 0 Å². The number of nitrogens with zero attached hydrogens (tertiary/aromatic N) is 1. The van der Waals surface area contributed by atoms with Crippen LogP contribution in [0.3, 0.4) is 0 Å². The van der Waals surface area contributed by atoms with Crippen LogP contribution in [-0.4, -0.2) is 41.1 Å².